The fourth-order valence-corrected chi connectivity index (χ4v) is 3.78. The molecule has 10 nitrogen and oxygen atoms in total. The Kier molecular flexibility index (Phi) is 5.97. The van der Waals surface area contributed by atoms with Crippen molar-refractivity contribution in [3.63, 3.8) is 0 Å². The molecular formula is C21H23FN8O2. The summed E-state index contributed by atoms with van der Waals surface area (Å²) in [6.45, 7) is 0.579. The molecule has 0 spiro atoms. The molecule has 3 heterocycles. The van der Waals surface area contributed by atoms with Crippen molar-refractivity contribution in [3.8, 4) is 17.0 Å². The third kappa shape index (κ3) is 4.09. The summed E-state index contributed by atoms with van der Waals surface area (Å²) in [5.74, 6) is 0.922. The van der Waals surface area contributed by atoms with Gasteiger partial charge in [0.05, 0.1) is 12.8 Å². The zero-order chi connectivity index (χ0) is 22.7. The van der Waals surface area contributed by atoms with Gasteiger partial charge in [0.2, 0.25) is 17.7 Å². The molecule has 1 fully saturated rings. The van der Waals surface area contributed by atoms with Crippen molar-refractivity contribution in [3.05, 3.63) is 43.0 Å². The molecular weight excluding hydrogens is 415 g/mol. The fourth-order valence-electron chi connectivity index (χ4n) is 3.78. The van der Waals surface area contributed by atoms with Gasteiger partial charge in [0, 0.05) is 44.0 Å². The summed E-state index contributed by atoms with van der Waals surface area (Å²) in [6, 6.07) is 7.18. The second kappa shape index (κ2) is 9.00. The van der Waals surface area contributed by atoms with Crippen LogP contribution >= 0.6 is 0 Å². The summed E-state index contributed by atoms with van der Waals surface area (Å²) >= 11 is 0. The average molecular weight is 438 g/mol. The standard InChI is InChI=1S/C21H23FN8O2/c1-29-12-14(4-6-18(29)31)25-21-26-20(32-2)19-15(7-10-30(19)28-21)13-3-5-16(27-23)17(11-13)24-9-8-22/h3,5,7-11,14,23-24H,4,6,12H2,1-2H3,(H,25,28)/b9-8+,27-23?. The highest BCUT2D eigenvalue weighted by atomic mass is 19.1. The van der Waals surface area contributed by atoms with Crippen molar-refractivity contribution in [1.82, 2.24) is 19.5 Å². The Morgan fingerprint density at radius 3 is 2.94 bits per heavy atom. The third-order valence-electron chi connectivity index (χ3n) is 5.36. The molecule has 1 aliphatic heterocycles. The molecule has 1 aliphatic rings. The number of ether oxygens (including phenoxy) is 1. The molecule has 1 amide bonds. The Morgan fingerprint density at radius 1 is 1.38 bits per heavy atom. The lowest BCUT2D eigenvalue weighted by Gasteiger charge is -2.30. The first-order chi connectivity index (χ1) is 15.5. The van der Waals surface area contributed by atoms with Crippen molar-refractivity contribution in [1.29, 1.82) is 5.53 Å². The Bertz CT molecular complexity index is 1190. The molecule has 1 atom stereocenters. The van der Waals surface area contributed by atoms with Gasteiger partial charge in [-0.1, -0.05) is 6.07 Å². The third-order valence-corrected chi connectivity index (χ3v) is 5.36. The summed E-state index contributed by atoms with van der Waals surface area (Å²) < 4.78 is 19.7. The highest BCUT2D eigenvalue weighted by molar-refractivity contribution is 5.87. The van der Waals surface area contributed by atoms with E-state index in [0.717, 1.165) is 17.3 Å². The largest absolute Gasteiger partial charge is 0.479 e. The molecule has 11 heteroatoms. The Morgan fingerprint density at radius 2 is 2.22 bits per heavy atom. The van der Waals surface area contributed by atoms with Crippen LogP contribution in [0, 0.1) is 5.53 Å². The zero-order valence-electron chi connectivity index (χ0n) is 17.7. The van der Waals surface area contributed by atoms with Gasteiger partial charge in [-0.2, -0.15) is 10.1 Å². The van der Waals surface area contributed by atoms with Crippen molar-refractivity contribution < 1.29 is 13.9 Å². The predicted molar refractivity (Wildman–Crippen MR) is 118 cm³/mol. The second-order valence-electron chi connectivity index (χ2n) is 7.40. The number of anilines is 2. The number of hydrogen-bond donors (Lipinski definition) is 3. The minimum Gasteiger partial charge on any atom is -0.479 e. The Balaban J connectivity index is 1.69. The smallest absolute Gasteiger partial charge is 0.244 e. The van der Waals surface area contributed by atoms with Gasteiger partial charge < -0.3 is 20.3 Å². The van der Waals surface area contributed by atoms with Gasteiger partial charge in [0.15, 0.2) is 0 Å². The molecule has 0 radical (unpaired) electrons. The van der Waals surface area contributed by atoms with Gasteiger partial charge in [-0.05, 0) is 30.2 Å². The second-order valence-corrected chi connectivity index (χ2v) is 7.40. The van der Waals surface area contributed by atoms with E-state index in [1.54, 1.807) is 34.8 Å². The van der Waals surface area contributed by atoms with Crippen LogP contribution in [-0.2, 0) is 4.79 Å². The van der Waals surface area contributed by atoms with Crippen LogP contribution in [0.1, 0.15) is 12.8 Å². The van der Waals surface area contributed by atoms with E-state index in [1.807, 2.05) is 12.1 Å². The van der Waals surface area contributed by atoms with Crippen LogP contribution in [0.5, 0.6) is 5.88 Å². The minimum absolute atomic E-state index is 0.0493. The molecule has 166 valence electrons. The van der Waals surface area contributed by atoms with Gasteiger partial charge >= 0.3 is 0 Å². The quantitative estimate of drug-likeness (QED) is 0.481. The fraction of sp³-hybridized carbons (Fsp3) is 0.286. The number of nitrogens with one attached hydrogen (secondary N) is 3. The van der Waals surface area contributed by atoms with Crippen molar-refractivity contribution in [2.24, 2.45) is 5.11 Å². The summed E-state index contributed by atoms with van der Waals surface area (Å²) in [4.78, 5) is 18.0. The topological polar surface area (TPSA) is 120 Å². The van der Waals surface area contributed by atoms with Crippen LogP contribution in [0.25, 0.3) is 16.6 Å². The molecule has 3 N–H and O–H groups in total. The van der Waals surface area contributed by atoms with E-state index < -0.39 is 0 Å². The van der Waals surface area contributed by atoms with E-state index in [-0.39, 0.29) is 11.9 Å². The van der Waals surface area contributed by atoms with Gasteiger partial charge in [-0.3, -0.25) is 4.79 Å². The van der Waals surface area contributed by atoms with Crippen LogP contribution in [0.2, 0.25) is 0 Å². The van der Waals surface area contributed by atoms with Crippen molar-refractivity contribution in [2.75, 3.05) is 31.3 Å². The normalized spacial score (nSPS) is 16.5. The maximum absolute atomic E-state index is 12.5. The number of likely N-dealkylation sites (tertiary alicyclic amines) is 1. The highest BCUT2D eigenvalue weighted by Crippen LogP contribution is 2.36. The lowest BCUT2D eigenvalue weighted by molar-refractivity contribution is -0.132. The SMILES string of the molecule is COc1nc(NC2CCC(=O)N(C)C2)nn2ccc(-c3ccc(N=N)c(N/C=C/F)c3)c12. The van der Waals surface area contributed by atoms with Crippen LogP contribution in [0.4, 0.5) is 21.7 Å². The monoisotopic (exact) mass is 438 g/mol. The first-order valence-corrected chi connectivity index (χ1v) is 10.0. The summed E-state index contributed by atoms with van der Waals surface area (Å²) in [7, 11) is 3.32. The summed E-state index contributed by atoms with van der Waals surface area (Å²) in [5, 5.41) is 14.1. The Labute approximate surface area is 183 Å². The number of methoxy groups -OCH3 is 1. The molecule has 0 bridgehead atoms. The van der Waals surface area contributed by atoms with Crippen LogP contribution < -0.4 is 15.4 Å². The minimum atomic E-state index is 0.0493. The summed E-state index contributed by atoms with van der Waals surface area (Å²) in [6.07, 6.45) is 4.49. The van der Waals surface area contributed by atoms with Crippen LogP contribution in [-0.4, -0.2) is 52.1 Å². The van der Waals surface area contributed by atoms with Gasteiger partial charge in [0.1, 0.15) is 17.5 Å². The lowest BCUT2D eigenvalue weighted by atomic mass is 10.1. The maximum Gasteiger partial charge on any atom is 0.244 e. The van der Waals surface area contributed by atoms with E-state index in [2.05, 4.69) is 25.8 Å². The van der Waals surface area contributed by atoms with Gasteiger partial charge in [-0.15, -0.1) is 5.10 Å². The number of hydrogen-bond acceptors (Lipinski definition) is 8. The van der Waals surface area contributed by atoms with Gasteiger partial charge in [0.25, 0.3) is 0 Å². The number of likely N-dealkylation sites (N-methyl/N-ethyl adjacent to an activating group) is 1. The average Bonchev–Trinajstić information content (AvgIpc) is 3.23. The van der Waals surface area contributed by atoms with Crippen molar-refractivity contribution in [2.45, 2.75) is 18.9 Å². The van der Waals surface area contributed by atoms with Gasteiger partial charge in [-0.25, -0.2) is 14.4 Å². The van der Waals surface area contributed by atoms with E-state index in [9.17, 15) is 9.18 Å². The number of fused-ring (bicyclic) bond motifs is 1. The number of nitrogens with zero attached hydrogens (tertiary/aromatic N) is 5. The number of aromatic nitrogens is 3. The van der Waals surface area contributed by atoms with E-state index in [1.165, 1.54) is 7.11 Å². The number of carbonyl (C=O) groups is 1. The van der Waals surface area contributed by atoms with Crippen LogP contribution in [0.3, 0.4) is 0 Å². The number of carbonyl (C=O) groups excluding carboxylic acids is 1. The first-order valence-electron chi connectivity index (χ1n) is 10.0. The molecule has 1 unspecified atom stereocenters. The zero-order valence-corrected chi connectivity index (χ0v) is 17.7. The molecule has 0 aliphatic carbocycles. The van der Waals surface area contributed by atoms with Crippen LogP contribution in [0.15, 0.2) is 48.1 Å². The van der Waals surface area contributed by atoms with Crippen molar-refractivity contribution >= 4 is 28.7 Å². The Hall–Kier alpha value is -4.02. The predicted octanol–water partition coefficient (Wildman–Crippen LogP) is 3.95. The first kappa shape index (κ1) is 21.2. The molecule has 4 rings (SSSR count). The molecule has 1 aromatic carbocycles. The molecule has 32 heavy (non-hydrogen) atoms. The summed E-state index contributed by atoms with van der Waals surface area (Å²) in [5.41, 5.74) is 10.4. The number of rotatable bonds is 7. The van der Waals surface area contributed by atoms with E-state index in [0.29, 0.717) is 54.4 Å². The molecule has 2 aromatic heterocycles. The van der Waals surface area contributed by atoms with E-state index >= 15 is 0 Å². The lowest BCUT2D eigenvalue weighted by Crippen LogP contribution is -2.43. The molecule has 0 saturated carbocycles. The number of piperidine rings is 1. The van der Waals surface area contributed by atoms with E-state index in [4.69, 9.17) is 10.3 Å². The molecule has 3 aromatic rings. The maximum atomic E-state index is 12.5. The number of amides is 1. The highest BCUT2D eigenvalue weighted by Gasteiger charge is 2.24. The number of benzene rings is 1. The number of halogens is 1. The molecule has 1 saturated heterocycles.